The van der Waals surface area contributed by atoms with E-state index >= 15 is 0 Å². The van der Waals surface area contributed by atoms with Crippen molar-refractivity contribution in [3.63, 3.8) is 0 Å². The van der Waals surface area contributed by atoms with Gasteiger partial charge in [0.1, 0.15) is 0 Å². The van der Waals surface area contributed by atoms with Crippen LogP contribution >= 0.6 is 0 Å². The van der Waals surface area contributed by atoms with Gasteiger partial charge < -0.3 is 9.64 Å². The van der Waals surface area contributed by atoms with Crippen LogP contribution in [0.2, 0.25) is 0 Å². The lowest BCUT2D eigenvalue weighted by Gasteiger charge is -2.32. The molecule has 0 saturated carbocycles. The van der Waals surface area contributed by atoms with Gasteiger partial charge in [-0.05, 0) is 31.0 Å². The highest BCUT2D eigenvalue weighted by molar-refractivity contribution is 7.90. The number of sulfone groups is 1. The van der Waals surface area contributed by atoms with Crippen molar-refractivity contribution in [3.8, 4) is 5.88 Å². The van der Waals surface area contributed by atoms with Gasteiger partial charge in [0, 0.05) is 49.3 Å². The zero-order valence-corrected chi connectivity index (χ0v) is 15.6. The highest BCUT2D eigenvalue weighted by atomic mass is 32.2. The Balaban J connectivity index is 1.73. The first-order valence-electron chi connectivity index (χ1n) is 8.34. The molecule has 1 aliphatic rings. The highest BCUT2D eigenvalue weighted by Crippen LogP contribution is 2.31. The van der Waals surface area contributed by atoms with Gasteiger partial charge in [-0.25, -0.2) is 13.4 Å². The monoisotopic (exact) mass is 375 g/mol. The third kappa shape index (κ3) is 3.85. The maximum absolute atomic E-state index is 12.7. The molecular weight excluding hydrogens is 354 g/mol. The molecule has 8 heteroatoms. The largest absolute Gasteiger partial charge is 0.481 e. The summed E-state index contributed by atoms with van der Waals surface area (Å²) in [5.74, 6) is 0.350. The summed E-state index contributed by atoms with van der Waals surface area (Å²) in [6.07, 6.45) is 5.71. The van der Waals surface area contributed by atoms with Crippen LogP contribution in [0.15, 0.2) is 41.6 Å². The average Bonchev–Trinajstić information content (AvgIpc) is 2.67. The van der Waals surface area contributed by atoms with Gasteiger partial charge in [0.25, 0.3) is 5.91 Å². The highest BCUT2D eigenvalue weighted by Gasteiger charge is 2.28. The molecule has 1 aliphatic heterocycles. The van der Waals surface area contributed by atoms with Crippen molar-refractivity contribution in [1.82, 2.24) is 14.9 Å². The lowest BCUT2D eigenvalue weighted by Crippen LogP contribution is -2.38. The molecule has 7 nitrogen and oxygen atoms in total. The maximum Gasteiger partial charge on any atom is 0.254 e. The zero-order valence-electron chi connectivity index (χ0n) is 14.8. The third-order valence-electron chi connectivity index (χ3n) is 4.56. The lowest BCUT2D eigenvalue weighted by atomic mass is 9.92. The van der Waals surface area contributed by atoms with Gasteiger partial charge in [0.2, 0.25) is 5.88 Å². The number of carbonyl (C=O) groups is 1. The Morgan fingerprint density at radius 1 is 1.19 bits per heavy atom. The summed E-state index contributed by atoms with van der Waals surface area (Å²) >= 11 is 0. The van der Waals surface area contributed by atoms with Crippen LogP contribution < -0.4 is 4.74 Å². The van der Waals surface area contributed by atoms with Crippen molar-refractivity contribution in [2.75, 3.05) is 26.5 Å². The molecule has 0 bridgehead atoms. The topological polar surface area (TPSA) is 89.5 Å². The van der Waals surface area contributed by atoms with Gasteiger partial charge in [-0.2, -0.15) is 0 Å². The fourth-order valence-corrected chi connectivity index (χ4v) is 4.14. The summed E-state index contributed by atoms with van der Waals surface area (Å²) in [6, 6.07) is 6.51. The summed E-state index contributed by atoms with van der Waals surface area (Å²) in [5, 5.41) is 0. The van der Waals surface area contributed by atoms with Crippen molar-refractivity contribution >= 4 is 15.7 Å². The fraction of sp³-hybridized carbons (Fsp3) is 0.389. The van der Waals surface area contributed by atoms with E-state index in [4.69, 9.17) is 4.74 Å². The molecule has 1 saturated heterocycles. The molecule has 2 aromatic rings. The summed E-state index contributed by atoms with van der Waals surface area (Å²) in [5.41, 5.74) is 1.14. The number of carbonyl (C=O) groups excluding carboxylic acids is 1. The summed E-state index contributed by atoms with van der Waals surface area (Å²) in [4.78, 5) is 23.0. The smallest absolute Gasteiger partial charge is 0.254 e. The standard InChI is InChI=1S/C18H21N3O4S/c1-25-16-12-14(5-9-19-16)18(22)21-10-6-13(7-11-21)17-15(26(2,23)24)4-3-8-20-17/h3-5,8-9,12-13H,6-7,10-11H2,1-2H3. The third-order valence-corrected chi connectivity index (χ3v) is 5.70. The van der Waals surface area contributed by atoms with Crippen molar-refractivity contribution < 1.29 is 17.9 Å². The molecule has 26 heavy (non-hydrogen) atoms. The van der Waals surface area contributed by atoms with Crippen LogP contribution in [-0.2, 0) is 9.84 Å². The maximum atomic E-state index is 12.7. The number of aromatic nitrogens is 2. The van der Waals surface area contributed by atoms with E-state index in [9.17, 15) is 13.2 Å². The summed E-state index contributed by atoms with van der Waals surface area (Å²) in [7, 11) is -1.82. The number of ether oxygens (including phenoxy) is 1. The Morgan fingerprint density at radius 2 is 1.92 bits per heavy atom. The summed E-state index contributed by atoms with van der Waals surface area (Å²) < 4.78 is 29.0. The Kier molecular flexibility index (Phi) is 5.22. The van der Waals surface area contributed by atoms with Crippen LogP contribution in [0, 0.1) is 0 Å². The Hall–Kier alpha value is -2.48. The van der Waals surface area contributed by atoms with Gasteiger partial charge >= 0.3 is 0 Å². The fourth-order valence-electron chi connectivity index (χ4n) is 3.22. The summed E-state index contributed by atoms with van der Waals surface area (Å²) in [6.45, 7) is 1.10. The van der Waals surface area contributed by atoms with Gasteiger partial charge in [0.15, 0.2) is 9.84 Å². The quantitative estimate of drug-likeness (QED) is 0.811. The second kappa shape index (κ2) is 7.41. The van der Waals surface area contributed by atoms with E-state index in [0.717, 1.165) is 0 Å². The average molecular weight is 375 g/mol. The van der Waals surface area contributed by atoms with Crippen LogP contribution in [0.1, 0.15) is 34.8 Å². The molecule has 3 heterocycles. The number of hydrogen-bond donors (Lipinski definition) is 0. The van der Waals surface area contributed by atoms with E-state index in [2.05, 4.69) is 9.97 Å². The molecule has 0 aromatic carbocycles. The zero-order chi connectivity index (χ0) is 18.7. The Labute approximate surface area is 153 Å². The molecule has 0 N–H and O–H groups in total. The van der Waals surface area contributed by atoms with E-state index in [1.807, 2.05) is 0 Å². The van der Waals surface area contributed by atoms with Crippen LogP contribution in [0.5, 0.6) is 5.88 Å². The number of rotatable bonds is 4. The van der Waals surface area contributed by atoms with E-state index in [-0.39, 0.29) is 16.7 Å². The minimum Gasteiger partial charge on any atom is -0.481 e. The number of amides is 1. The van der Waals surface area contributed by atoms with Crippen LogP contribution in [0.4, 0.5) is 0 Å². The molecule has 0 radical (unpaired) electrons. The van der Waals surface area contributed by atoms with E-state index in [0.29, 0.717) is 43.1 Å². The first-order valence-corrected chi connectivity index (χ1v) is 10.2. The molecule has 1 fully saturated rings. The Morgan fingerprint density at radius 3 is 2.58 bits per heavy atom. The minimum atomic E-state index is -3.33. The van der Waals surface area contributed by atoms with E-state index in [1.54, 1.807) is 41.6 Å². The van der Waals surface area contributed by atoms with Gasteiger partial charge in [0.05, 0.1) is 17.7 Å². The van der Waals surface area contributed by atoms with Crippen molar-refractivity contribution in [1.29, 1.82) is 0 Å². The predicted octanol–water partition coefficient (Wildman–Crippen LogP) is 1.91. The van der Waals surface area contributed by atoms with E-state index in [1.165, 1.54) is 13.4 Å². The van der Waals surface area contributed by atoms with Crippen molar-refractivity contribution in [2.24, 2.45) is 0 Å². The predicted molar refractivity (Wildman–Crippen MR) is 96.0 cm³/mol. The molecule has 3 rings (SSSR count). The van der Waals surface area contributed by atoms with Crippen LogP contribution in [-0.4, -0.2) is 55.6 Å². The normalized spacial score (nSPS) is 15.7. The molecule has 1 amide bonds. The molecule has 0 spiro atoms. The Bertz CT molecular complexity index is 906. The first kappa shape index (κ1) is 18.3. The van der Waals surface area contributed by atoms with E-state index < -0.39 is 9.84 Å². The lowest BCUT2D eigenvalue weighted by molar-refractivity contribution is 0.0711. The minimum absolute atomic E-state index is 0.0250. The van der Waals surface area contributed by atoms with Crippen LogP contribution in [0.25, 0.3) is 0 Å². The molecule has 0 atom stereocenters. The number of pyridine rings is 2. The molecule has 0 aliphatic carbocycles. The van der Waals surface area contributed by atoms with Gasteiger partial charge in [-0.3, -0.25) is 9.78 Å². The van der Waals surface area contributed by atoms with Gasteiger partial charge in [-0.15, -0.1) is 0 Å². The first-order chi connectivity index (χ1) is 12.4. The van der Waals surface area contributed by atoms with Crippen molar-refractivity contribution in [2.45, 2.75) is 23.7 Å². The number of methoxy groups -OCH3 is 1. The number of likely N-dealkylation sites (tertiary alicyclic amines) is 1. The van der Waals surface area contributed by atoms with Gasteiger partial charge in [-0.1, -0.05) is 0 Å². The molecule has 0 unspecified atom stereocenters. The number of piperidine rings is 1. The second-order valence-corrected chi connectivity index (χ2v) is 8.30. The SMILES string of the molecule is COc1cc(C(=O)N2CCC(c3ncccc3S(C)(=O)=O)CC2)ccn1. The molecule has 138 valence electrons. The van der Waals surface area contributed by atoms with Crippen LogP contribution in [0.3, 0.4) is 0 Å². The number of nitrogens with zero attached hydrogens (tertiary/aromatic N) is 3. The molecular formula is C18H21N3O4S. The number of hydrogen-bond acceptors (Lipinski definition) is 6. The second-order valence-electron chi connectivity index (χ2n) is 6.31. The van der Waals surface area contributed by atoms with Crippen molar-refractivity contribution in [3.05, 3.63) is 47.9 Å². The molecule has 2 aromatic heterocycles.